The van der Waals surface area contributed by atoms with Gasteiger partial charge in [0.1, 0.15) is 0 Å². The molecule has 86 valence electrons. The Morgan fingerprint density at radius 2 is 2.12 bits per heavy atom. The van der Waals surface area contributed by atoms with Gasteiger partial charge in [0.25, 0.3) is 0 Å². The Morgan fingerprint density at radius 3 is 2.81 bits per heavy atom. The lowest BCUT2D eigenvalue weighted by molar-refractivity contribution is -0.118. The number of anilines is 1. The molecule has 0 saturated carbocycles. The second-order valence-electron chi connectivity index (χ2n) is 4.76. The SMILES string of the molecule is CC(C)C(=O)Nc1cccc2c1CN(C)C2. The predicted octanol–water partition coefficient (Wildman–Crippen LogP) is 2.23. The number of benzene rings is 1. The van der Waals surface area contributed by atoms with Gasteiger partial charge in [-0.3, -0.25) is 9.69 Å². The number of hydrogen-bond acceptors (Lipinski definition) is 2. The van der Waals surface area contributed by atoms with E-state index in [1.54, 1.807) is 0 Å². The maximum Gasteiger partial charge on any atom is 0.226 e. The summed E-state index contributed by atoms with van der Waals surface area (Å²) in [5.41, 5.74) is 3.56. The van der Waals surface area contributed by atoms with Crippen molar-refractivity contribution in [1.82, 2.24) is 4.90 Å². The number of carbonyl (C=O) groups is 1. The number of fused-ring (bicyclic) bond motifs is 1. The van der Waals surface area contributed by atoms with Crippen LogP contribution in [-0.4, -0.2) is 17.9 Å². The maximum atomic E-state index is 11.7. The molecular formula is C13H18N2O. The van der Waals surface area contributed by atoms with Crippen LogP contribution in [0.3, 0.4) is 0 Å². The second kappa shape index (κ2) is 4.26. The van der Waals surface area contributed by atoms with Crippen LogP contribution in [0.25, 0.3) is 0 Å². The minimum atomic E-state index is 0.0231. The Kier molecular flexibility index (Phi) is 2.97. The summed E-state index contributed by atoms with van der Waals surface area (Å²) in [6.45, 7) is 5.71. The molecule has 0 unspecified atom stereocenters. The number of nitrogens with one attached hydrogen (secondary N) is 1. The van der Waals surface area contributed by atoms with Gasteiger partial charge in [-0.1, -0.05) is 26.0 Å². The highest BCUT2D eigenvalue weighted by molar-refractivity contribution is 5.93. The molecule has 2 rings (SSSR count). The average molecular weight is 218 g/mol. The monoisotopic (exact) mass is 218 g/mol. The van der Waals surface area contributed by atoms with Crippen molar-refractivity contribution < 1.29 is 4.79 Å². The van der Waals surface area contributed by atoms with Gasteiger partial charge in [0.05, 0.1) is 0 Å². The Balaban J connectivity index is 2.24. The lowest BCUT2D eigenvalue weighted by Crippen LogP contribution is -2.18. The molecular weight excluding hydrogens is 200 g/mol. The molecule has 3 nitrogen and oxygen atoms in total. The van der Waals surface area contributed by atoms with Crippen molar-refractivity contribution in [2.24, 2.45) is 5.92 Å². The zero-order chi connectivity index (χ0) is 11.7. The first-order chi connectivity index (χ1) is 7.58. The fourth-order valence-corrected chi connectivity index (χ4v) is 1.98. The molecule has 0 spiro atoms. The quantitative estimate of drug-likeness (QED) is 0.825. The van der Waals surface area contributed by atoms with Gasteiger partial charge >= 0.3 is 0 Å². The van der Waals surface area contributed by atoms with E-state index in [2.05, 4.69) is 23.3 Å². The van der Waals surface area contributed by atoms with E-state index in [1.165, 1.54) is 11.1 Å². The van der Waals surface area contributed by atoms with E-state index < -0.39 is 0 Å². The summed E-state index contributed by atoms with van der Waals surface area (Å²) < 4.78 is 0. The van der Waals surface area contributed by atoms with Crippen molar-refractivity contribution in [3.63, 3.8) is 0 Å². The molecule has 3 heteroatoms. The Morgan fingerprint density at radius 1 is 1.38 bits per heavy atom. The predicted molar refractivity (Wildman–Crippen MR) is 65.1 cm³/mol. The first-order valence-electron chi connectivity index (χ1n) is 5.68. The zero-order valence-electron chi connectivity index (χ0n) is 10.1. The third-order valence-electron chi connectivity index (χ3n) is 2.92. The maximum absolute atomic E-state index is 11.7. The van der Waals surface area contributed by atoms with E-state index in [1.807, 2.05) is 26.0 Å². The van der Waals surface area contributed by atoms with Crippen molar-refractivity contribution in [3.05, 3.63) is 29.3 Å². The molecule has 0 bridgehead atoms. The second-order valence-corrected chi connectivity index (χ2v) is 4.76. The van der Waals surface area contributed by atoms with Crippen LogP contribution in [0.4, 0.5) is 5.69 Å². The van der Waals surface area contributed by atoms with E-state index >= 15 is 0 Å². The summed E-state index contributed by atoms with van der Waals surface area (Å²) in [7, 11) is 2.09. The van der Waals surface area contributed by atoms with Gasteiger partial charge in [-0.05, 0) is 24.2 Å². The number of nitrogens with zero attached hydrogens (tertiary/aromatic N) is 1. The van der Waals surface area contributed by atoms with Crippen molar-refractivity contribution in [1.29, 1.82) is 0 Å². The van der Waals surface area contributed by atoms with Gasteiger partial charge < -0.3 is 5.32 Å². The van der Waals surface area contributed by atoms with E-state index in [4.69, 9.17) is 0 Å². The summed E-state index contributed by atoms with van der Waals surface area (Å²) in [5, 5.41) is 3.00. The smallest absolute Gasteiger partial charge is 0.226 e. The van der Waals surface area contributed by atoms with Gasteiger partial charge in [0.15, 0.2) is 0 Å². The van der Waals surface area contributed by atoms with Crippen molar-refractivity contribution in [3.8, 4) is 0 Å². The molecule has 0 saturated heterocycles. The van der Waals surface area contributed by atoms with Crippen LogP contribution in [0.1, 0.15) is 25.0 Å². The number of rotatable bonds is 2. The molecule has 0 fully saturated rings. The van der Waals surface area contributed by atoms with Crippen LogP contribution in [0, 0.1) is 5.92 Å². The molecule has 1 heterocycles. The van der Waals surface area contributed by atoms with E-state index in [0.29, 0.717) is 0 Å². The summed E-state index contributed by atoms with van der Waals surface area (Å²) >= 11 is 0. The third kappa shape index (κ3) is 2.09. The summed E-state index contributed by atoms with van der Waals surface area (Å²) in [6.07, 6.45) is 0. The number of hydrogen-bond donors (Lipinski definition) is 1. The first kappa shape index (κ1) is 11.1. The Hall–Kier alpha value is -1.35. The van der Waals surface area contributed by atoms with Crippen LogP contribution < -0.4 is 5.32 Å². The molecule has 1 aliphatic heterocycles. The van der Waals surface area contributed by atoms with Gasteiger partial charge in [-0.25, -0.2) is 0 Å². The Labute approximate surface area is 96.5 Å². The normalized spacial score (nSPS) is 15.2. The van der Waals surface area contributed by atoms with Crippen LogP contribution in [0.15, 0.2) is 18.2 Å². The molecule has 1 aromatic rings. The molecule has 0 aromatic heterocycles. The van der Waals surface area contributed by atoms with Gasteiger partial charge in [-0.15, -0.1) is 0 Å². The highest BCUT2D eigenvalue weighted by Gasteiger charge is 2.19. The summed E-state index contributed by atoms with van der Waals surface area (Å²) in [5.74, 6) is 0.109. The summed E-state index contributed by atoms with van der Waals surface area (Å²) in [4.78, 5) is 13.9. The van der Waals surface area contributed by atoms with E-state index in [0.717, 1.165) is 18.8 Å². The zero-order valence-corrected chi connectivity index (χ0v) is 10.1. The van der Waals surface area contributed by atoms with Gasteiger partial charge in [0, 0.05) is 24.7 Å². The molecule has 0 aliphatic carbocycles. The van der Waals surface area contributed by atoms with Crippen LogP contribution in [0.2, 0.25) is 0 Å². The fourth-order valence-electron chi connectivity index (χ4n) is 1.98. The molecule has 1 aromatic carbocycles. The summed E-state index contributed by atoms with van der Waals surface area (Å²) in [6, 6.07) is 6.12. The average Bonchev–Trinajstić information content (AvgIpc) is 2.59. The topological polar surface area (TPSA) is 32.3 Å². The van der Waals surface area contributed by atoms with Crippen LogP contribution >= 0.6 is 0 Å². The first-order valence-corrected chi connectivity index (χ1v) is 5.68. The highest BCUT2D eigenvalue weighted by Crippen LogP contribution is 2.28. The minimum absolute atomic E-state index is 0.0231. The Bertz CT molecular complexity index is 412. The standard InChI is InChI=1S/C13H18N2O/c1-9(2)13(16)14-12-6-4-5-10-7-15(3)8-11(10)12/h4-6,9H,7-8H2,1-3H3,(H,14,16). The molecule has 1 N–H and O–H groups in total. The van der Waals surface area contributed by atoms with Crippen molar-refractivity contribution >= 4 is 11.6 Å². The lowest BCUT2D eigenvalue weighted by atomic mass is 10.1. The van der Waals surface area contributed by atoms with E-state index in [9.17, 15) is 4.79 Å². The number of carbonyl (C=O) groups excluding carboxylic acids is 1. The largest absolute Gasteiger partial charge is 0.326 e. The highest BCUT2D eigenvalue weighted by atomic mass is 16.1. The lowest BCUT2D eigenvalue weighted by Gasteiger charge is -2.11. The van der Waals surface area contributed by atoms with Gasteiger partial charge in [0.2, 0.25) is 5.91 Å². The van der Waals surface area contributed by atoms with Crippen molar-refractivity contribution in [2.75, 3.05) is 12.4 Å². The molecule has 16 heavy (non-hydrogen) atoms. The van der Waals surface area contributed by atoms with Crippen LogP contribution in [-0.2, 0) is 17.9 Å². The third-order valence-corrected chi connectivity index (χ3v) is 2.92. The molecule has 1 aliphatic rings. The molecule has 1 amide bonds. The van der Waals surface area contributed by atoms with Crippen LogP contribution in [0.5, 0.6) is 0 Å². The van der Waals surface area contributed by atoms with Gasteiger partial charge in [-0.2, -0.15) is 0 Å². The van der Waals surface area contributed by atoms with Crippen molar-refractivity contribution in [2.45, 2.75) is 26.9 Å². The fraction of sp³-hybridized carbons (Fsp3) is 0.462. The minimum Gasteiger partial charge on any atom is -0.326 e. The number of amides is 1. The molecule has 0 radical (unpaired) electrons. The molecule has 0 atom stereocenters. The van der Waals surface area contributed by atoms with E-state index in [-0.39, 0.29) is 11.8 Å².